The highest BCUT2D eigenvalue weighted by atomic mass is 16.3. The topological polar surface area (TPSA) is 37.3 Å². The molecule has 0 radical (unpaired) electrons. The first-order valence-electron chi connectivity index (χ1n) is 4.07. The van der Waals surface area contributed by atoms with Gasteiger partial charge in [0, 0.05) is 0 Å². The summed E-state index contributed by atoms with van der Waals surface area (Å²) in [5, 5.41) is 9.05. The summed E-state index contributed by atoms with van der Waals surface area (Å²) < 4.78 is 0. The zero-order valence-electron chi connectivity index (χ0n) is 7.74. The van der Waals surface area contributed by atoms with Crippen LogP contribution in [0.2, 0.25) is 0 Å². The van der Waals surface area contributed by atoms with Gasteiger partial charge < -0.3 is 5.11 Å². The predicted molar refractivity (Wildman–Crippen MR) is 52.4 cm³/mol. The minimum absolute atomic E-state index is 0.236. The van der Waals surface area contributed by atoms with Crippen molar-refractivity contribution in [1.29, 1.82) is 0 Å². The number of hydrogen-bond acceptors (Lipinski definition) is 2. The van der Waals surface area contributed by atoms with Gasteiger partial charge in [0.05, 0.1) is 0 Å². The van der Waals surface area contributed by atoms with Crippen molar-refractivity contribution in [3.8, 4) is 5.75 Å². The van der Waals surface area contributed by atoms with Crippen LogP contribution in [0.4, 0.5) is 0 Å². The lowest BCUT2D eigenvalue weighted by Crippen LogP contribution is -1.85. The van der Waals surface area contributed by atoms with Crippen LogP contribution in [0.5, 0.6) is 5.75 Å². The second kappa shape index (κ2) is 3.90. The maximum atomic E-state index is 10.5. The quantitative estimate of drug-likeness (QED) is 0.555. The lowest BCUT2D eigenvalue weighted by molar-refractivity contribution is -0.104. The highest BCUT2D eigenvalue weighted by Crippen LogP contribution is 2.19. The molecule has 0 saturated heterocycles. The van der Waals surface area contributed by atoms with Crippen LogP contribution < -0.4 is 0 Å². The number of allylic oxidation sites excluding steroid dienone is 2. The second-order valence-electron chi connectivity index (χ2n) is 2.97. The van der Waals surface area contributed by atoms with E-state index >= 15 is 0 Å². The van der Waals surface area contributed by atoms with E-state index in [1.807, 2.05) is 6.92 Å². The molecule has 13 heavy (non-hydrogen) atoms. The number of aldehydes is 1. The zero-order chi connectivity index (χ0) is 9.84. The normalized spacial score (nSPS) is 12.2. The van der Waals surface area contributed by atoms with Crippen molar-refractivity contribution in [2.45, 2.75) is 13.8 Å². The molecule has 2 heteroatoms. The van der Waals surface area contributed by atoms with E-state index in [-0.39, 0.29) is 5.75 Å². The van der Waals surface area contributed by atoms with Gasteiger partial charge in [-0.1, -0.05) is 12.1 Å². The molecule has 0 fully saturated rings. The van der Waals surface area contributed by atoms with Gasteiger partial charge in [-0.05, 0) is 42.7 Å². The molecule has 0 saturated carbocycles. The molecule has 0 bridgehead atoms. The minimum Gasteiger partial charge on any atom is -0.508 e. The van der Waals surface area contributed by atoms with Gasteiger partial charge in [0.1, 0.15) is 12.0 Å². The van der Waals surface area contributed by atoms with Crippen LogP contribution in [0, 0.1) is 0 Å². The van der Waals surface area contributed by atoms with Gasteiger partial charge in [-0.25, -0.2) is 0 Å². The van der Waals surface area contributed by atoms with Crippen LogP contribution in [0.15, 0.2) is 29.8 Å². The van der Waals surface area contributed by atoms with Crippen molar-refractivity contribution in [3.05, 3.63) is 35.4 Å². The first-order chi connectivity index (χ1) is 6.15. The highest BCUT2D eigenvalue weighted by Gasteiger charge is 1.99. The standard InChI is InChI=1S/C11H12O2/c1-8(7-12)9(2)10-3-5-11(13)6-4-10/h3-7,13H,1-2H3/b9-8+. The molecular formula is C11H12O2. The molecule has 68 valence electrons. The van der Waals surface area contributed by atoms with E-state index in [1.54, 1.807) is 31.2 Å². The van der Waals surface area contributed by atoms with E-state index in [2.05, 4.69) is 0 Å². The van der Waals surface area contributed by atoms with Gasteiger partial charge in [-0.3, -0.25) is 4.79 Å². The van der Waals surface area contributed by atoms with Crippen LogP contribution >= 0.6 is 0 Å². The number of carbonyl (C=O) groups is 1. The Labute approximate surface area is 77.5 Å². The SMILES string of the molecule is C/C(C=O)=C(/C)c1ccc(O)cc1. The van der Waals surface area contributed by atoms with E-state index < -0.39 is 0 Å². The third-order valence-corrected chi connectivity index (χ3v) is 2.07. The summed E-state index contributed by atoms with van der Waals surface area (Å²) >= 11 is 0. The first kappa shape index (κ1) is 9.52. The van der Waals surface area contributed by atoms with Crippen molar-refractivity contribution in [2.24, 2.45) is 0 Å². The Bertz CT molecular complexity index is 334. The fraction of sp³-hybridized carbons (Fsp3) is 0.182. The summed E-state index contributed by atoms with van der Waals surface area (Å²) in [5.74, 6) is 0.236. The summed E-state index contributed by atoms with van der Waals surface area (Å²) in [6.07, 6.45) is 0.836. The molecular weight excluding hydrogens is 164 g/mol. The Balaban J connectivity index is 3.09. The van der Waals surface area contributed by atoms with Crippen molar-refractivity contribution in [2.75, 3.05) is 0 Å². The Kier molecular flexibility index (Phi) is 2.85. The van der Waals surface area contributed by atoms with Crippen molar-refractivity contribution in [3.63, 3.8) is 0 Å². The van der Waals surface area contributed by atoms with E-state index in [0.29, 0.717) is 5.57 Å². The third kappa shape index (κ3) is 2.18. The van der Waals surface area contributed by atoms with Gasteiger partial charge in [0.25, 0.3) is 0 Å². The smallest absolute Gasteiger partial charge is 0.146 e. The van der Waals surface area contributed by atoms with E-state index in [9.17, 15) is 4.79 Å². The fourth-order valence-corrected chi connectivity index (χ4v) is 1.03. The maximum Gasteiger partial charge on any atom is 0.146 e. The highest BCUT2D eigenvalue weighted by molar-refractivity contribution is 5.86. The molecule has 1 rings (SSSR count). The number of aromatic hydroxyl groups is 1. The van der Waals surface area contributed by atoms with E-state index in [4.69, 9.17) is 5.11 Å². The molecule has 1 N–H and O–H groups in total. The molecule has 0 atom stereocenters. The van der Waals surface area contributed by atoms with Crippen molar-refractivity contribution < 1.29 is 9.90 Å². The van der Waals surface area contributed by atoms with Gasteiger partial charge >= 0.3 is 0 Å². The molecule has 1 aromatic carbocycles. The molecule has 0 heterocycles. The minimum atomic E-state index is 0.236. The largest absolute Gasteiger partial charge is 0.508 e. The Morgan fingerprint density at radius 2 is 1.77 bits per heavy atom. The predicted octanol–water partition coefficient (Wildman–Crippen LogP) is 2.38. The molecule has 0 aliphatic rings. The molecule has 0 spiro atoms. The summed E-state index contributed by atoms with van der Waals surface area (Å²) in [4.78, 5) is 10.5. The molecule has 0 aromatic heterocycles. The number of phenolic OH excluding ortho intramolecular Hbond substituents is 1. The van der Waals surface area contributed by atoms with E-state index in [1.165, 1.54) is 0 Å². The lowest BCUT2D eigenvalue weighted by Gasteiger charge is -2.02. The van der Waals surface area contributed by atoms with Gasteiger partial charge in [0.2, 0.25) is 0 Å². The molecule has 0 aliphatic heterocycles. The Morgan fingerprint density at radius 1 is 1.23 bits per heavy atom. The third-order valence-electron chi connectivity index (χ3n) is 2.07. The van der Waals surface area contributed by atoms with E-state index in [0.717, 1.165) is 17.4 Å². The van der Waals surface area contributed by atoms with Crippen LogP contribution in [0.25, 0.3) is 5.57 Å². The summed E-state index contributed by atoms with van der Waals surface area (Å²) in [6, 6.07) is 6.79. The van der Waals surface area contributed by atoms with Gasteiger partial charge in [0.15, 0.2) is 0 Å². The van der Waals surface area contributed by atoms with Gasteiger partial charge in [-0.2, -0.15) is 0 Å². The summed E-state index contributed by atoms with van der Waals surface area (Å²) in [7, 11) is 0. The average Bonchev–Trinajstić information content (AvgIpc) is 2.17. The average molecular weight is 176 g/mol. The molecule has 0 unspecified atom stereocenters. The number of carbonyl (C=O) groups excluding carboxylic acids is 1. The molecule has 2 nitrogen and oxygen atoms in total. The summed E-state index contributed by atoms with van der Waals surface area (Å²) in [6.45, 7) is 3.66. The zero-order valence-corrected chi connectivity index (χ0v) is 7.74. The molecule has 0 amide bonds. The Hall–Kier alpha value is -1.57. The number of benzene rings is 1. The lowest BCUT2D eigenvalue weighted by atomic mass is 10.0. The number of phenols is 1. The van der Waals surface area contributed by atoms with Crippen molar-refractivity contribution in [1.82, 2.24) is 0 Å². The molecule has 1 aromatic rings. The number of rotatable bonds is 2. The van der Waals surface area contributed by atoms with Crippen LogP contribution in [-0.4, -0.2) is 11.4 Å². The number of hydrogen-bond donors (Lipinski definition) is 1. The summed E-state index contributed by atoms with van der Waals surface area (Å²) in [5.41, 5.74) is 2.61. The van der Waals surface area contributed by atoms with Crippen LogP contribution in [0.3, 0.4) is 0 Å². The Morgan fingerprint density at radius 3 is 2.23 bits per heavy atom. The molecule has 0 aliphatic carbocycles. The fourth-order valence-electron chi connectivity index (χ4n) is 1.03. The van der Waals surface area contributed by atoms with Crippen LogP contribution in [-0.2, 0) is 4.79 Å². The first-order valence-corrected chi connectivity index (χ1v) is 4.07. The van der Waals surface area contributed by atoms with Gasteiger partial charge in [-0.15, -0.1) is 0 Å². The second-order valence-corrected chi connectivity index (χ2v) is 2.97. The van der Waals surface area contributed by atoms with Crippen molar-refractivity contribution >= 4 is 11.9 Å². The maximum absolute atomic E-state index is 10.5. The monoisotopic (exact) mass is 176 g/mol. The van der Waals surface area contributed by atoms with Crippen LogP contribution in [0.1, 0.15) is 19.4 Å².